The maximum Gasteiger partial charge on any atom is 0.309 e. The summed E-state index contributed by atoms with van der Waals surface area (Å²) in [4.78, 5) is 10.6. The zero-order valence-electron chi connectivity index (χ0n) is 8.93. The standard InChI is InChI=1S/C6H12O2/c1-4-6(2,3)5(7)8/h4H2,1-3H3,(H,7,8)/i1D2,4D2. The molecule has 0 aromatic carbocycles. The van der Waals surface area contributed by atoms with Crippen molar-refractivity contribution < 1.29 is 15.4 Å². The van der Waals surface area contributed by atoms with Gasteiger partial charge >= 0.3 is 5.97 Å². The molecule has 0 spiro atoms. The van der Waals surface area contributed by atoms with E-state index < -0.39 is 24.6 Å². The molecular formula is C6H12O2. The highest BCUT2D eigenvalue weighted by Crippen LogP contribution is 2.18. The summed E-state index contributed by atoms with van der Waals surface area (Å²) in [6.07, 6.45) is -2.35. The van der Waals surface area contributed by atoms with E-state index in [2.05, 4.69) is 0 Å². The number of carbonyl (C=O) groups is 1. The van der Waals surface area contributed by atoms with Crippen LogP contribution < -0.4 is 0 Å². The van der Waals surface area contributed by atoms with Crippen LogP contribution in [0.5, 0.6) is 0 Å². The van der Waals surface area contributed by atoms with Crippen molar-refractivity contribution in [1.82, 2.24) is 0 Å². The number of aliphatic carboxylic acids is 1. The van der Waals surface area contributed by atoms with Gasteiger partial charge in [-0.05, 0) is 20.2 Å². The Labute approximate surface area is 55.1 Å². The topological polar surface area (TPSA) is 37.3 Å². The van der Waals surface area contributed by atoms with E-state index in [1.165, 1.54) is 13.8 Å². The first-order valence-electron chi connectivity index (χ1n) is 4.37. The molecule has 1 N–H and O–H groups in total. The van der Waals surface area contributed by atoms with E-state index in [0.717, 1.165) is 0 Å². The first-order chi connectivity index (χ1) is 5.14. The lowest BCUT2D eigenvalue weighted by molar-refractivity contribution is -0.147. The van der Waals surface area contributed by atoms with E-state index in [1.807, 2.05) is 0 Å². The Morgan fingerprint density at radius 2 is 2.50 bits per heavy atom. The van der Waals surface area contributed by atoms with Crippen molar-refractivity contribution in [3.05, 3.63) is 0 Å². The number of carboxylic acids is 1. The molecule has 0 saturated carbocycles. The van der Waals surface area contributed by atoms with Crippen molar-refractivity contribution in [2.24, 2.45) is 5.41 Å². The molecule has 0 unspecified atom stereocenters. The highest BCUT2D eigenvalue weighted by Gasteiger charge is 2.23. The van der Waals surface area contributed by atoms with Gasteiger partial charge in [-0.25, -0.2) is 0 Å². The van der Waals surface area contributed by atoms with Gasteiger partial charge in [0.25, 0.3) is 0 Å². The number of carboxylic acid groups (broad SMARTS) is 1. The van der Waals surface area contributed by atoms with Crippen molar-refractivity contribution in [2.75, 3.05) is 0 Å². The molecule has 0 aromatic rings. The second-order valence-electron chi connectivity index (χ2n) is 2.07. The molecule has 2 nitrogen and oxygen atoms in total. The average molecular weight is 120 g/mol. The molecule has 0 amide bonds. The van der Waals surface area contributed by atoms with Crippen LogP contribution in [-0.4, -0.2) is 11.1 Å². The SMILES string of the molecule is [2H]C([2H])C([2H])([2H])C(C)(C)C(=O)O. The summed E-state index contributed by atoms with van der Waals surface area (Å²) in [6, 6.07) is 0. The molecule has 0 aliphatic rings. The third-order valence-electron chi connectivity index (χ3n) is 0.896. The molecule has 0 saturated heterocycles. The van der Waals surface area contributed by atoms with Gasteiger partial charge in [0, 0.05) is 5.48 Å². The van der Waals surface area contributed by atoms with E-state index in [9.17, 15) is 4.79 Å². The largest absolute Gasteiger partial charge is 0.481 e. The highest BCUT2D eigenvalue weighted by atomic mass is 16.4. The summed E-state index contributed by atoms with van der Waals surface area (Å²) in [5.41, 5.74) is -1.71. The lowest BCUT2D eigenvalue weighted by Gasteiger charge is -2.14. The number of hydrogen-bond acceptors (Lipinski definition) is 1. The zero-order valence-corrected chi connectivity index (χ0v) is 4.93. The summed E-state index contributed by atoms with van der Waals surface area (Å²) in [7, 11) is 0. The predicted octanol–water partition coefficient (Wildman–Crippen LogP) is 1.51. The van der Waals surface area contributed by atoms with E-state index >= 15 is 0 Å². The molecule has 48 valence electrons. The van der Waals surface area contributed by atoms with Gasteiger partial charge in [0.2, 0.25) is 0 Å². The Bertz CT molecular complexity index is 188. The molecule has 8 heavy (non-hydrogen) atoms. The lowest BCUT2D eigenvalue weighted by atomic mass is 9.91. The Morgan fingerprint density at radius 1 is 2.00 bits per heavy atom. The van der Waals surface area contributed by atoms with Crippen LogP contribution >= 0.6 is 0 Å². The summed E-state index contributed by atoms with van der Waals surface area (Å²) >= 11 is 0. The van der Waals surface area contributed by atoms with E-state index in [1.54, 1.807) is 0 Å². The number of rotatable bonds is 2. The molecule has 0 aliphatic heterocycles. The van der Waals surface area contributed by atoms with Gasteiger partial charge in [0.05, 0.1) is 5.41 Å². The molecule has 2 heteroatoms. The molecule has 0 radical (unpaired) electrons. The molecular weight excluding hydrogens is 104 g/mol. The molecule has 0 aliphatic carbocycles. The van der Waals surface area contributed by atoms with Crippen LogP contribution in [0.25, 0.3) is 0 Å². The fourth-order valence-corrected chi connectivity index (χ4v) is 0.0617. The smallest absolute Gasteiger partial charge is 0.309 e. The van der Waals surface area contributed by atoms with Crippen LogP contribution in [0.15, 0.2) is 0 Å². The van der Waals surface area contributed by atoms with E-state index in [4.69, 9.17) is 10.6 Å². The maximum atomic E-state index is 10.6. The summed E-state index contributed by atoms with van der Waals surface area (Å²) in [5.74, 6) is -1.34. The Kier molecular flexibility index (Phi) is 0.770. The fraction of sp³-hybridized carbons (Fsp3) is 0.833. The quantitative estimate of drug-likeness (QED) is 0.599. The van der Waals surface area contributed by atoms with E-state index in [0.29, 0.717) is 0 Å². The molecule has 0 atom stereocenters. The van der Waals surface area contributed by atoms with Crippen molar-refractivity contribution in [1.29, 1.82) is 0 Å². The normalized spacial score (nSPS) is 20.9. The van der Waals surface area contributed by atoms with Crippen molar-refractivity contribution in [3.63, 3.8) is 0 Å². The molecule has 0 fully saturated rings. The highest BCUT2D eigenvalue weighted by molar-refractivity contribution is 5.73. The summed E-state index contributed by atoms with van der Waals surface area (Å²) in [6.45, 7) is 0.542. The monoisotopic (exact) mass is 120 g/mol. The summed E-state index contributed by atoms with van der Waals surface area (Å²) in [5, 5.41) is 8.62. The second-order valence-corrected chi connectivity index (χ2v) is 2.07. The lowest BCUT2D eigenvalue weighted by Crippen LogP contribution is -2.21. The van der Waals surface area contributed by atoms with Crippen LogP contribution in [0.3, 0.4) is 0 Å². The Balaban J connectivity index is 4.88. The number of hydrogen-bond donors (Lipinski definition) is 1. The molecule has 0 rings (SSSR count). The van der Waals surface area contributed by atoms with Crippen LogP contribution in [0.2, 0.25) is 0 Å². The van der Waals surface area contributed by atoms with Gasteiger partial charge in [-0.2, -0.15) is 0 Å². The minimum Gasteiger partial charge on any atom is -0.481 e. The van der Waals surface area contributed by atoms with E-state index in [-0.39, 0.29) is 0 Å². The van der Waals surface area contributed by atoms with Gasteiger partial charge in [-0.3, -0.25) is 4.79 Å². The maximum absolute atomic E-state index is 10.6. The fourth-order valence-electron chi connectivity index (χ4n) is 0.0617. The van der Waals surface area contributed by atoms with Gasteiger partial charge in [-0.1, -0.05) is 6.88 Å². The minimum absolute atomic E-state index is 1.17. The van der Waals surface area contributed by atoms with Crippen LogP contribution in [-0.2, 0) is 4.79 Å². The second kappa shape index (κ2) is 2.16. The molecule has 0 heterocycles. The van der Waals surface area contributed by atoms with Gasteiger partial charge < -0.3 is 5.11 Å². The first kappa shape index (κ1) is 2.85. The van der Waals surface area contributed by atoms with Crippen molar-refractivity contribution >= 4 is 5.97 Å². The summed E-state index contributed by atoms with van der Waals surface area (Å²) < 4.78 is 28.2. The molecule has 0 bridgehead atoms. The van der Waals surface area contributed by atoms with Crippen LogP contribution in [0, 0.1) is 5.41 Å². The zero-order chi connectivity index (χ0) is 10.2. The molecule has 0 aromatic heterocycles. The van der Waals surface area contributed by atoms with Crippen molar-refractivity contribution in [3.8, 4) is 0 Å². The average Bonchev–Trinajstić information content (AvgIpc) is 1.86. The third-order valence-corrected chi connectivity index (χ3v) is 0.896. The van der Waals surface area contributed by atoms with Gasteiger partial charge in [0.15, 0.2) is 0 Å². The first-order valence-corrected chi connectivity index (χ1v) is 2.22. The Morgan fingerprint density at radius 3 is 2.62 bits per heavy atom. The van der Waals surface area contributed by atoms with Gasteiger partial charge in [0.1, 0.15) is 0 Å². The third kappa shape index (κ3) is 1.52. The van der Waals surface area contributed by atoms with Crippen LogP contribution in [0.1, 0.15) is 32.6 Å². The minimum atomic E-state index is -2.35. The van der Waals surface area contributed by atoms with Gasteiger partial charge in [-0.15, -0.1) is 0 Å². The van der Waals surface area contributed by atoms with Crippen LogP contribution in [0.4, 0.5) is 0 Å². The van der Waals surface area contributed by atoms with Crippen molar-refractivity contribution in [2.45, 2.75) is 27.1 Å². The predicted molar refractivity (Wildman–Crippen MR) is 31.7 cm³/mol. The Hall–Kier alpha value is -0.530.